The van der Waals surface area contributed by atoms with E-state index in [-0.39, 0.29) is 0 Å². The highest BCUT2D eigenvalue weighted by molar-refractivity contribution is 6.10. The molecule has 0 bridgehead atoms. The van der Waals surface area contributed by atoms with Crippen molar-refractivity contribution < 1.29 is 0 Å². The van der Waals surface area contributed by atoms with Crippen molar-refractivity contribution in [1.29, 1.82) is 0 Å². The molecule has 0 amide bonds. The van der Waals surface area contributed by atoms with E-state index in [0.29, 0.717) is 0 Å². The summed E-state index contributed by atoms with van der Waals surface area (Å²) in [4.78, 5) is 0. The van der Waals surface area contributed by atoms with Crippen LogP contribution < -0.4 is 10.0 Å². The van der Waals surface area contributed by atoms with E-state index in [1.165, 1.54) is 82.1 Å². The second-order valence-electron chi connectivity index (χ2n) is 15.3. The average Bonchev–Trinajstić information content (AvgIpc) is 3.78. The minimum Gasteiger partial charge on any atom is -0.341 e. The van der Waals surface area contributed by atoms with Gasteiger partial charge in [-0.25, -0.2) is 0 Å². The molecule has 2 aromatic heterocycles. The number of aromatic nitrogens is 2. The Labute approximate surface area is 343 Å². The summed E-state index contributed by atoms with van der Waals surface area (Å²) in [5.74, 6) is 0. The molecular formula is C52H56N6. The molecule has 0 aliphatic heterocycles. The van der Waals surface area contributed by atoms with Gasteiger partial charge in [-0.2, -0.15) is 10.2 Å². The number of benzene rings is 6. The molecule has 294 valence electrons. The summed E-state index contributed by atoms with van der Waals surface area (Å²) in [7, 11) is 0. The Morgan fingerprint density at radius 1 is 0.397 bits per heavy atom. The second kappa shape index (κ2) is 18.9. The number of unbranched alkanes of at least 4 members (excludes halogenated alkanes) is 7. The van der Waals surface area contributed by atoms with Crippen LogP contribution in [0, 0.1) is 0 Å². The molecule has 8 aromatic rings. The molecule has 0 radical (unpaired) electrons. The number of anilines is 2. The molecule has 6 aromatic carbocycles. The second-order valence-corrected chi connectivity index (χ2v) is 15.3. The fraction of sp³-hybridized carbons (Fsp3) is 0.269. The van der Waals surface area contributed by atoms with Gasteiger partial charge in [0, 0.05) is 69.8 Å². The summed E-state index contributed by atoms with van der Waals surface area (Å²) in [6.45, 7) is 8.15. The van der Waals surface area contributed by atoms with Crippen LogP contribution in [0.5, 0.6) is 0 Å². The average molecular weight is 765 g/mol. The van der Waals surface area contributed by atoms with Gasteiger partial charge in [-0.15, -0.1) is 0 Å². The lowest BCUT2D eigenvalue weighted by Crippen LogP contribution is -2.18. The van der Waals surface area contributed by atoms with Crippen LogP contribution in [0.1, 0.15) is 76.3 Å². The zero-order valence-electron chi connectivity index (χ0n) is 34.2. The standard InChI is InChI=1S/C52H56N6/c1-3-55-49-29-19-17-27-45(49)47-37-41(31-33-51(47)55)39-53-57(43-23-13-11-14-24-43)35-21-9-7-5-6-8-10-22-36-58(44-25-15-12-16-26-44)54-40-42-32-34-52-48(38-42)46-28-18-20-30-50(46)56(52)4-2/h11-20,23-34,37-40H,3-10,21-22,35-36H2,1-2H3/b53-39+,54-40+. The van der Waals surface area contributed by atoms with Crippen molar-refractivity contribution in [2.45, 2.75) is 78.3 Å². The summed E-state index contributed by atoms with van der Waals surface area (Å²) in [6.07, 6.45) is 13.8. The van der Waals surface area contributed by atoms with E-state index in [1.807, 2.05) is 12.4 Å². The Morgan fingerprint density at radius 2 is 0.759 bits per heavy atom. The number of rotatable bonds is 19. The highest BCUT2D eigenvalue weighted by atomic mass is 15.5. The molecule has 8 rings (SSSR count). The summed E-state index contributed by atoms with van der Waals surface area (Å²) >= 11 is 0. The van der Waals surface area contributed by atoms with Crippen LogP contribution in [0.2, 0.25) is 0 Å². The van der Waals surface area contributed by atoms with Gasteiger partial charge in [0.1, 0.15) is 0 Å². The van der Waals surface area contributed by atoms with Crippen molar-refractivity contribution in [2.24, 2.45) is 10.2 Å². The van der Waals surface area contributed by atoms with Gasteiger partial charge in [0.05, 0.1) is 23.8 Å². The maximum absolute atomic E-state index is 5.03. The van der Waals surface area contributed by atoms with Crippen LogP contribution in [0.4, 0.5) is 11.4 Å². The highest BCUT2D eigenvalue weighted by Crippen LogP contribution is 2.31. The number of hydrogen-bond acceptors (Lipinski definition) is 4. The molecule has 0 saturated heterocycles. The van der Waals surface area contributed by atoms with Crippen LogP contribution in [0.25, 0.3) is 43.6 Å². The molecule has 6 nitrogen and oxygen atoms in total. The molecular weight excluding hydrogens is 709 g/mol. The van der Waals surface area contributed by atoms with Crippen LogP contribution in [0.15, 0.2) is 156 Å². The largest absolute Gasteiger partial charge is 0.341 e. The smallest absolute Gasteiger partial charge is 0.0593 e. The lowest BCUT2D eigenvalue weighted by molar-refractivity contribution is 0.564. The van der Waals surface area contributed by atoms with Gasteiger partial charge in [-0.1, -0.05) is 123 Å². The molecule has 0 unspecified atom stereocenters. The van der Waals surface area contributed by atoms with Gasteiger partial charge < -0.3 is 9.13 Å². The molecule has 0 aliphatic rings. The third kappa shape index (κ3) is 8.72. The lowest BCUT2D eigenvalue weighted by atomic mass is 10.1. The lowest BCUT2D eigenvalue weighted by Gasteiger charge is -2.19. The first-order chi connectivity index (χ1) is 28.7. The molecule has 0 spiro atoms. The van der Waals surface area contributed by atoms with E-state index in [0.717, 1.165) is 61.5 Å². The SMILES string of the molecule is CCn1c2ccccc2c2cc(/C=N/N(CCCCCCCCCCN(/N=C/c3ccc4c(c3)c3ccccc3n4CC)c3ccccc3)c3ccccc3)ccc21. The van der Waals surface area contributed by atoms with Gasteiger partial charge in [-0.3, -0.25) is 10.0 Å². The third-order valence-corrected chi connectivity index (χ3v) is 11.5. The monoisotopic (exact) mass is 764 g/mol. The maximum Gasteiger partial charge on any atom is 0.0593 e. The van der Waals surface area contributed by atoms with Crippen LogP contribution in [-0.2, 0) is 13.1 Å². The fourth-order valence-corrected chi connectivity index (χ4v) is 8.55. The summed E-state index contributed by atoms with van der Waals surface area (Å²) in [5.41, 5.74) is 9.66. The number of hydrazone groups is 2. The summed E-state index contributed by atoms with van der Waals surface area (Å²) < 4.78 is 4.79. The first kappa shape index (κ1) is 38.7. The van der Waals surface area contributed by atoms with Gasteiger partial charge in [0.15, 0.2) is 0 Å². The zero-order chi connectivity index (χ0) is 39.5. The molecule has 6 heteroatoms. The van der Waals surface area contributed by atoms with E-state index in [2.05, 4.69) is 179 Å². The minimum absolute atomic E-state index is 0.906. The minimum atomic E-state index is 0.906. The molecule has 0 aliphatic carbocycles. The zero-order valence-corrected chi connectivity index (χ0v) is 34.2. The third-order valence-electron chi connectivity index (χ3n) is 11.5. The molecule has 0 N–H and O–H groups in total. The van der Waals surface area contributed by atoms with Crippen molar-refractivity contribution >= 4 is 67.4 Å². The normalized spacial score (nSPS) is 12.0. The van der Waals surface area contributed by atoms with Crippen LogP contribution in [0.3, 0.4) is 0 Å². The topological polar surface area (TPSA) is 41.1 Å². The van der Waals surface area contributed by atoms with E-state index in [1.54, 1.807) is 0 Å². The van der Waals surface area contributed by atoms with E-state index < -0.39 is 0 Å². The Balaban J connectivity index is 0.807. The van der Waals surface area contributed by atoms with E-state index in [9.17, 15) is 0 Å². The van der Waals surface area contributed by atoms with Gasteiger partial charge in [-0.05, 0) is 98.5 Å². The van der Waals surface area contributed by atoms with E-state index >= 15 is 0 Å². The van der Waals surface area contributed by atoms with Crippen molar-refractivity contribution in [2.75, 3.05) is 23.1 Å². The first-order valence-electron chi connectivity index (χ1n) is 21.5. The maximum atomic E-state index is 5.03. The molecule has 58 heavy (non-hydrogen) atoms. The summed E-state index contributed by atoms with van der Waals surface area (Å²) in [5, 5.41) is 19.6. The molecule has 0 fully saturated rings. The Hall–Kier alpha value is -6.14. The van der Waals surface area contributed by atoms with Crippen molar-refractivity contribution in [3.63, 3.8) is 0 Å². The van der Waals surface area contributed by atoms with Crippen LogP contribution in [-0.4, -0.2) is 34.7 Å². The molecule has 0 atom stereocenters. The van der Waals surface area contributed by atoms with Gasteiger partial charge in [0.2, 0.25) is 0 Å². The summed E-state index contributed by atoms with van der Waals surface area (Å²) in [6, 6.07) is 52.0. The highest BCUT2D eigenvalue weighted by Gasteiger charge is 2.12. The Morgan fingerprint density at radius 3 is 1.17 bits per heavy atom. The number of fused-ring (bicyclic) bond motifs is 6. The van der Waals surface area contributed by atoms with Gasteiger partial charge >= 0.3 is 0 Å². The molecule has 0 saturated carbocycles. The van der Waals surface area contributed by atoms with Crippen molar-refractivity contribution in [3.8, 4) is 0 Å². The molecule has 2 heterocycles. The van der Waals surface area contributed by atoms with Crippen molar-refractivity contribution in [3.05, 3.63) is 157 Å². The van der Waals surface area contributed by atoms with Crippen LogP contribution >= 0.6 is 0 Å². The number of para-hydroxylation sites is 4. The quantitative estimate of drug-likeness (QED) is 0.0467. The van der Waals surface area contributed by atoms with Crippen molar-refractivity contribution in [1.82, 2.24) is 9.13 Å². The van der Waals surface area contributed by atoms with Gasteiger partial charge in [0.25, 0.3) is 0 Å². The fourth-order valence-electron chi connectivity index (χ4n) is 8.55. The Bertz CT molecular complexity index is 2430. The number of aryl methyl sites for hydroxylation is 2. The predicted octanol–water partition coefficient (Wildman–Crippen LogP) is 13.4. The first-order valence-corrected chi connectivity index (χ1v) is 21.5. The number of hydrogen-bond donors (Lipinski definition) is 0. The predicted molar refractivity (Wildman–Crippen MR) is 250 cm³/mol. The number of nitrogens with zero attached hydrogens (tertiary/aromatic N) is 6. The van der Waals surface area contributed by atoms with E-state index in [4.69, 9.17) is 10.2 Å². The Kier molecular flexibility index (Phi) is 12.6.